The van der Waals surface area contributed by atoms with Crippen LogP contribution in [0.3, 0.4) is 0 Å². The molecule has 20 heavy (non-hydrogen) atoms. The van der Waals surface area contributed by atoms with Gasteiger partial charge in [-0.05, 0) is 49.2 Å². The first-order valence-corrected chi connectivity index (χ1v) is 6.47. The Balaban J connectivity index is 2.26. The number of hydrogen-bond acceptors (Lipinski definition) is 2. The van der Waals surface area contributed by atoms with E-state index in [-0.39, 0.29) is 12.4 Å². The van der Waals surface area contributed by atoms with Crippen molar-refractivity contribution in [2.45, 2.75) is 20.5 Å². The van der Waals surface area contributed by atoms with E-state index in [9.17, 15) is 4.39 Å². The normalized spacial score (nSPS) is 10.2. The zero-order valence-electron chi connectivity index (χ0n) is 11.2. The first-order valence-electron chi connectivity index (χ1n) is 6.10. The van der Waals surface area contributed by atoms with E-state index >= 15 is 0 Å². The minimum Gasteiger partial charge on any atom is -0.488 e. The van der Waals surface area contributed by atoms with Crippen LogP contribution in [0.2, 0.25) is 5.02 Å². The maximum absolute atomic E-state index is 13.7. The standard InChI is InChI=1S/C16H13ClFNO/c1-10-6-12(8-19)7-11(2)16(10)20-9-13-14(17)4-3-5-15(13)18/h3-7H,9H2,1-2H3. The van der Waals surface area contributed by atoms with Crippen LogP contribution in [0.1, 0.15) is 22.3 Å². The van der Waals surface area contributed by atoms with E-state index in [0.29, 0.717) is 21.9 Å². The van der Waals surface area contributed by atoms with Crippen molar-refractivity contribution in [3.05, 3.63) is 63.4 Å². The zero-order valence-corrected chi connectivity index (χ0v) is 12.0. The predicted molar refractivity (Wildman–Crippen MR) is 76.4 cm³/mol. The molecule has 2 rings (SSSR count). The van der Waals surface area contributed by atoms with Crippen molar-refractivity contribution in [1.29, 1.82) is 5.26 Å². The van der Waals surface area contributed by atoms with Gasteiger partial charge in [0.15, 0.2) is 0 Å². The van der Waals surface area contributed by atoms with E-state index in [1.54, 1.807) is 24.3 Å². The molecule has 4 heteroatoms. The molecule has 0 bridgehead atoms. The van der Waals surface area contributed by atoms with Gasteiger partial charge in [0.25, 0.3) is 0 Å². The number of nitriles is 1. The molecule has 0 aliphatic rings. The fraction of sp³-hybridized carbons (Fsp3) is 0.188. The summed E-state index contributed by atoms with van der Waals surface area (Å²) in [5.74, 6) is 0.268. The van der Waals surface area contributed by atoms with E-state index < -0.39 is 0 Å². The Morgan fingerprint density at radius 2 is 1.90 bits per heavy atom. The van der Waals surface area contributed by atoms with Crippen LogP contribution in [0, 0.1) is 31.0 Å². The Hall–Kier alpha value is -2.05. The number of nitrogens with zero attached hydrogens (tertiary/aromatic N) is 1. The summed E-state index contributed by atoms with van der Waals surface area (Å²) >= 11 is 5.96. The SMILES string of the molecule is Cc1cc(C#N)cc(C)c1OCc1c(F)cccc1Cl. The average molecular weight is 290 g/mol. The Morgan fingerprint density at radius 1 is 1.25 bits per heavy atom. The largest absolute Gasteiger partial charge is 0.488 e. The van der Waals surface area contributed by atoms with Gasteiger partial charge in [-0.25, -0.2) is 4.39 Å². The second-order valence-electron chi connectivity index (χ2n) is 4.54. The predicted octanol–water partition coefficient (Wildman–Crippen LogP) is 4.55. The summed E-state index contributed by atoms with van der Waals surface area (Å²) in [5.41, 5.74) is 2.59. The summed E-state index contributed by atoms with van der Waals surface area (Å²) in [7, 11) is 0. The van der Waals surface area contributed by atoms with Crippen LogP contribution >= 0.6 is 11.6 Å². The lowest BCUT2D eigenvalue weighted by Gasteiger charge is -2.13. The molecule has 0 N–H and O–H groups in total. The van der Waals surface area contributed by atoms with Gasteiger partial charge in [0.05, 0.1) is 16.7 Å². The van der Waals surface area contributed by atoms with Crippen LogP contribution < -0.4 is 4.74 Å². The van der Waals surface area contributed by atoms with Crippen molar-refractivity contribution in [3.8, 4) is 11.8 Å². The van der Waals surface area contributed by atoms with Gasteiger partial charge in [-0.3, -0.25) is 0 Å². The summed E-state index contributed by atoms with van der Waals surface area (Å²) in [6.45, 7) is 3.76. The van der Waals surface area contributed by atoms with E-state index in [4.69, 9.17) is 21.6 Å². The molecule has 0 heterocycles. The molecule has 0 atom stereocenters. The summed E-state index contributed by atoms with van der Waals surface area (Å²) in [5, 5.41) is 9.24. The first kappa shape index (κ1) is 14.4. The molecule has 2 nitrogen and oxygen atoms in total. The lowest BCUT2D eigenvalue weighted by molar-refractivity contribution is 0.296. The highest BCUT2D eigenvalue weighted by atomic mass is 35.5. The maximum Gasteiger partial charge on any atom is 0.131 e. The first-order chi connectivity index (χ1) is 9.52. The van der Waals surface area contributed by atoms with E-state index in [0.717, 1.165) is 11.1 Å². The minimum absolute atomic E-state index is 0.0546. The van der Waals surface area contributed by atoms with Crippen LogP contribution in [0.4, 0.5) is 4.39 Å². The smallest absolute Gasteiger partial charge is 0.131 e. The van der Waals surface area contributed by atoms with Crippen molar-refractivity contribution in [2.24, 2.45) is 0 Å². The van der Waals surface area contributed by atoms with Crippen LogP contribution in [-0.4, -0.2) is 0 Å². The van der Waals surface area contributed by atoms with Gasteiger partial charge in [0.1, 0.15) is 18.2 Å². The molecule has 0 spiro atoms. The summed E-state index contributed by atoms with van der Waals surface area (Å²) < 4.78 is 19.3. The minimum atomic E-state index is -0.388. The van der Waals surface area contributed by atoms with E-state index in [2.05, 4.69) is 6.07 Å². The topological polar surface area (TPSA) is 33.0 Å². The summed E-state index contributed by atoms with van der Waals surface area (Å²) in [6.07, 6.45) is 0. The Bertz CT molecular complexity index is 648. The molecule has 0 aliphatic carbocycles. The fourth-order valence-corrected chi connectivity index (χ4v) is 2.27. The fourth-order valence-electron chi connectivity index (χ4n) is 2.06. The van der Waals surface area contributed by atoms with Crippen LogP contribution in [0.25, 0.3) is 0 Å². The molecule has 0 aromatic heterocycles. The van der Waals surface area contributed by atoms with Crippen molar-refractivity contribution in [3.63, 3.8) is 0 Å². The van der Waals surface area contributed by atoms with Crippen molar-refractivity contribution in [1.82, 2.24) is 0 Å². The number of benzene rings is 2. The molecule has 2 aromatic carbocycles. The Morgan fingerprint density at radius 3 is 2.45 bits per heavy atom. The summed E-state index contributed by atoms with van der Waals surface area (Å²) in [4.78, 5) is 0. The molecule has 102 valence electrons. The van der Waals surface area contributed by atoms with Crippen molar-refractivity contribution < 1.29 is 9.13 Å². The number of rotatable bonds is 3. The molecular formula is C16H13ClFNO. The third-order valence-electron chi connectivity index (χ3n) is 3.01. The van der Waals surface area contributed by atoms with Gasteiger partial charge >= 0.3 is 0 Å². The molecule has 0 saturated carbocycles. The lowest BCUT2D eigenvalue weighted by Crippen LogP contribution is -2.02. The quantitative estimate of drug-likeness (QED) is 0.830. The van der Waals surface area contributed by atoms with Gasteiger partial charge in [-0.1, -0.05) is 17.7 Å². The van der Waals surface area contributed by atoms with E-state index in [1.807, 2.05) is 13.8 Å². The molecule has 0 unspecified atom stereocenters. The van der Waals surface area contributed by atoms with Crippen LogP contribution in [-0.2, 0) is 6.61 Å². The number of hydrogen-bond donors (Lipinski definition) is 0. The van der Waals surface area contributed by atoms with Crippen LogP contribution in [0.15, 0.2) is 30.3 Å². The number of aryl methyl sites for hydroxylation is 2. The molecule has 0 radical (unpaired) electrons. The Kier molecular flexibility index (Phi) is 4.26. The number of ether oxygens (including phenoxy) is 1. The molecule has 0 amide bonds. The monoisotopic (exact) mass is 289 g/mol. The molecule has 0 saturated heterocycles. The van der Waals surface area contributed by atoms with Gasteiger partial charge < -0.3 is 4.74 Å². The zero-order chi connectivity index (χ0) is 14.7. The molecule has 0 aliphatic heterocycles. The van der Waals surface area contributed by atoms with E-state index in [1.165, 1.54) is 6.07 Å². The van der Waals surface area contributed by atoms with Gasteiger partial charge in [0.2, 0.25) is 0 Å². The Labute approximate surface area is 122 Å². The number of halogens is 2. The van der Waals surface area contributed by atoms with Crippen molar-refractivity contribution >= 4 is 11.6 Å². The van der Waals surface area contributed by atoms with Gasteiger partial charge in [-0.15, -0.1) is 0 Å². The summed E-state index contributed by atoms with van der Waals surface area (Å²) in [6, 6.07) is 10.1. The van der Waals surface area contributed by atoms with Gasteiger partial charge in [-0.2, -0.15) is 5.26 Å². The second kappa shape index (κ2) is 5.94. The highest BCUT2D eigenvalue weighted by Gasteiger charge is 2.11. The van der Waals surface area contributed by atoms with Crippen molar-refractivity contribution in [2.75, 3.05) is 0 Å². The average Bonchev–Trinajstić information content (AvgIpc) is 2.40. The van der Waals surface area contributed by atoms with Crippen LogP contribution in [0.5, 0.6) is 5.75 Å². The lowest BCUT2D eigenvalue weighted by atomic mass is 10.1. The highest BCUT2D eigenvalue weighted by Crippen LogP contribution is 2.27. The second-order valence-corrected chi connectivity index (χ2v) is 4.95. The molecule has 2 aromatic rings. The third kappa shape index (κ3) is 2.92. The molecule has 0 fully saturated rings. The molecular weight excluding hydrogens is 277 g/mol. The third-order valence-corrected chi connectivity index (χ3v) is 3.37. The van der Waals surface area contributed by atoms with Gasteiger partial charge in [0, 0.05) is 5.56 Å². The maximum atomic E-state index is 13.7. The highest BCUT2D eigenvalue weighted by molar-refractivity contribution is 6.31.